The van der Waals surface area contributed by atoms with E-state index in [1.165, 1.54) is 0 Å². The minimum atomic E-state index is -0.331. The van der Waals surface area contributed by atoms with Crippen molar-refractivity contribution < 1.29 is 9.90 Å². The predicted molar refractivity (Wildman–Crippen MR) is 52.0 cm³/mol. The Kier molecular flexibility index (Phi) is 5.17. The zero-order valence-corrected chi connectivity index (χ0v) is 8.26. The van der Waals surface area contributed by atoms with E-state index in [2.05, 4.69) is 11.2 Å². The van der Waals surface area contributed by atoms with Crippen molar-refractivity contribution in [2.75, 3.05) is 6.61 Å². The summed E-state index contributed by atoms with van der Waals surface area (Å²) in [5, 5.41) is 11.6. The molecule has 1 unspecified atom stereocenters. The lowest BCUT2D eigenvalue weighted by molar-refractivity contribution is -0.122. The molecule has 0 heterocycles. The molecule has 3 heteroatoms. The number of hydrogen-bond donors (Lipinski definition) is 2. The Labute approximate surface area is 79.5 Å². The molecule has 0 radical (unpaired) electrons. The smallest absolute Gasteiger partial charge is 0.232 e. The van der Waals surface area contributed by atoms with Gasteiger partial charge in [-0.25, -0.2) is 0 Å². The highest BCUT2D eigenvalue weighted by atomic mass is 16.3. The summed E-state index contributed by atoms with van der Waals surface area (Å²) in [6.07, 6.45) is 6.44. The largest absolute Gasteiger partial charge is 0.396 e. The molecule has 0 rings (SSSR count). The minimum Gasteiger partial charge on any atom is -0.396 e. The van der Waals surface area contributed by atoms with E-state index in [-0.39, 0.29) is 24.5 Å². The molecule has 0 aliphatic heterocycles. The van der Waals surface area contributed by atoms with Gasteiger partial charge in [-0.3, -0.25) is 4.79 Å². The number of hydrogen-bond acceptors (Lipinski definition) is 2. The topological polar surface area (TPSA) is 49.3 Å². The van der Waals surface area contributed by atoms with E-state index >= 15 is 0 Å². The molecule has 0 fully saturated rings. The van der Waals surface area contributed by atoms with E-state index < -0.39 is 0 Å². The number of amides is 1. The van der Waals surface area contributed by atoms with Crippen molar-refractivity contribution in [2.24, 2.45) is 0 Å². The molecule has 1 amide bonds. The monoisotopic (exact) mass is 183 g/mol. The summed E-state index contributed by atoms with van der Waals surface area (Å²) in [5.41, 5.74) is -0.331. The standard InChI is InChI=1S/C10H17NO2/c1-4-6-9(13)11-10(3,5-2)7-8-12/h1,12H,5-8H2,2-3H3,(H,11,13). The zero-order chi connectivity index (χ0) is 10.3. The fourth-order valence-corrected chi connectivity index (χ4v) is 1.05. The maximum atomic E-state index is 11.2. The van der Waals surface area contributed by atoms with Crippen LogP contribution < -0.4 is 5.32 Å². The van der Waals surface area contributed by atoms with E-state index in [1.807, 2.05) is 13.8 Å². The van der Waals surface area contributed by atoms with E-state index in [0.717, 1.165) is 6.42 Å². The lowest BCUT2D eigenvalue weighted by atomic mass is 9.95. The summed E-state index contributed by atoms with van der Waals surface area (Å²) in [4.78, 5) is 11.2. The van der Waals surface area contributed by atoms with E-state index in [0.29, 0.717) is 6.42 Å². The Morgan fingerprint density at radius 2 is 2.31 bits per heavy atom. The normalized spacial score (nSPS) is 14.3. The van der Waals surface area contributed by atoms with Crippen LogP contribution in [0.4, 0.5) is 0 Å². The number of carbonyl (C=O) groups excluding carboxylic acids is 1. The fraction of sp³-hybridized carbons (Fsp3) is 0.700. The molecule has 1 atom stereocenters. The minimum absolute atomic E-state index is 0.0701. The number of carbonyl (C=O) groups is 1. The molecular weight excluding hydrogens is 166 g/mol. The molecule has 0 aliphatic carbocycles. The molecule has 0 saturated carbocycles. The van der Waals surface area contributed by atoms with Gasteiger partial charge in [0, 0.05) is 12.1 Å². The third-order valence-electron chi connectivity index (χ3n) is 2.15. The van der Waals surface area contributed by atoms with E-state index in [1.54, 1.807) is 0 Å². The first-order valence-corrected chi connectivity index (χ1v) is 4.43. The van der Waals surface area contributed by atoms with Crippen LogP contribution in [0.15, 0.2) is 0 Å². The van der Waals surface area contributed by atoms with Crippen molar-refractivity contribution >= 4 is 5.91 Å². The van der Waals surface area contributed by atoms with Crippen molar-refractivity contribution in [1.29, 1.82) is 0 Å². The van der Waals surface area contributed by atoms with Crippen LogP contribution in [-0.2, 0) is 4.79 Å². The summed E-state index contributed by atoms with van der Waals surface area (Å²) >= 11 is 0. The van der Waals surface area contributed by atoms with Gasteiger partial charge in [-0.1, -0.05) is 12.8 Å². The molecule has 2 N–H and O–H groups in total. The second-order valence-electron chi connectivity index (χ2n) is 3.32. The summed E-state index contributed by atoms with van der Waals surface area (Å²) in [6, 6.07) is 0. The average molecular weight is 183 g/mol. The van der Waals surface area contributed by atoms with E-state index in [9.17, 15) is 4.79 Å². The number of aliphatic hydroxyl groups is 1. The molecule has 74 valence electrons. The maximum absolute atomic E-state index is 11.2. The third kappa shape index (κ3) is 4.54. The second kappa shape index (κ2) is 5.60. The molecule has 13 heavy (non-hydrogen) atoms. The molecule has 0 aromatic carbocycles. The van der Waals surface area contributed by atoms with Crippen LogP contribution in [0.5, 0.6) is 0 Å². The van der Waals surface area contributed by atoms with Crippen LogP contribution >= 0.6 is 0 Å². The van der Waals surface area contributed by atoms with Crippen LogP contribution in [0, 0.1) is 12.3 Å². The molecule has 0 aliphatic rings. The van der Waals surface area contributed by atoms with Gasteiger partial charge in [-0.2, -0.15) is 0 Å². The van der Waals surface area contributed by atoms with Gasteiger partial charge in [0.05, 0.1) is 6.42 Å². The molecule has 0 aromatic heterocycles. The first-order valence-electron chi connectivity index (χ1n) is 4.43. The van der Waals surface area contributed by atoms with Crippen molar-refractivity contribution in [2.45, 2.75) is 38.6 Å². The molecule has 3 nitrogen and oxygen atoms in total. The molecule has 0 bridgehead atoms. The van der Waals surface area contributed by atoms with Gasteiger partial charge in [0.2, 0.25) is 5.91 Å². The zero-order valence-electron chi connectivity index (χ0n) is 8.26. The third-order valence-corrected chi connectivity index (χ3v) is 2.15. The van der Waals surface area contributed by atoms with Gasteiger partial charge in [-0.05, 0) is 19.8 Å². The molecular formula is C10H17NO2. The Bertz CT molecular complexity index is 207. The van der Waals surface area contributed by atoms with Gasteiger partial charge in [0.15, 0.2) is 0 Å². The van der Waals surface area contributed by atoms with Crippen LogP contribution in [-0.4, -0.2) is 23.2 Å². The lowest BCUT2D eigenvalue weighted by Crippen LogP contribution is -2.46. The summed E-state index contributed by atoms with van der Waals surface area (Å²) in [5.74, 6) is 2.13. The Morgan fingerprint density at radius 1 is 1.69 bits per heavy atom. The van der Waals surface area contributed by atoms with Crippen LogP contribution in [0.1, 0.15) is 33.1 Å². The average Bonchev–Trinajstić information content (AvgIpc) is 2.05. The molecule has 0 saturated heterocycles. The first-order chi connectivity index (χ1) is 6.08. The van der Waals surface area contributed by atoms with Crippen LogP contribution in [0.2, 0.25) is 0 Å². The quantitative estimate of drug-likeness (QED) is 0.616. The van der Waals surface area contributed by atoms with Gasteiger partial charge < -0.3 is 10.4 Å². The Hall–Kier alpha value is -1.01. The highest BCUT2D eigenvalue weighted by Gasteiger charge is 2.22. The summed E-state index contributed by atoms with van der Waals surface area (Å²) in [6.45, 7) is 3.93. The predicted octanol–water partition coefficient (Wildman–Crippen LogP) is 0.677. The van der Waals surface area contributed by atoms with Crippen LogP contribution in [0.3, 0.4) is 0 Å². The fourth-order valence-electron chi connectivity index (χ4n) is 1.05. The summed E-state index contributed by atoms with van der Waals surface area (Å²) < 4.78 is 0. The Morgan fingerprint density at radius 3 is 2.69 bits per heavy atom. The van der Waals surface area contributed by atoms with Crippen molar-refractivity contribution in [3.05, 3.63) is 0 Å². The van der Waals surface area contributed by atoms with Gasteiger partial charge in [-0.15, -0.1) is 6.42 Å². The van der Waals surface area contributed by atoms with Gasteiger partial charge >= 0.3 is 0 Å². The van der Waals surface area contributed by atoms with Gasteiger partial charge in [0.25, 0.3) is 0 Å². The highest BCUT2D eigenvalue weighted by molar-refractivity contribution is 5.79. The van der Waals surface area contributed by atoms with Crippen molar-refractivity contribution in [1.82, 2.24) is 5.32 Å². The number of terminal acetylenes is 1. The molecule has 0 aromatic rings. The first kappa shape index (κ1) is 12.0. The van der Waals surface area contributed by atoms with E-state index in [4.69, 9.17) is 11.5 Å². The lowest BCUT2D eigenvalue weighted by Gasteiger charge is -2.28. The SMILES string of the molecule is C#CCC(=O)NC(C)(CC)CCO. The number of rotatable bonds is 5. The van der Waals surface area contributed by atoms with Crippen molar-refractivity contribution in [3.8, 4) is 12.3 Å². The summed E-state index contributed by atoms with van der Waals surface area (Å²) in [7, 11) is 0. The van der Waals surface area contributed by atoms with Crippen molar-refractivity contribution in [3.63, 3.8) is 0 Å². The molecule has 0 spiro atoms. The Balaban J connectivity index is 4.11. The highest BCUT2D eigenvalue weighted by Crippen LogP contribution is 2.13. The second-order valence-corrected chi connectivity index (χ2v) is 3.32. The number of aliphatic hydroxyl groups excluding tert-OH is 1. The maximum Gasteiger partial charge on any atom is 0.232 e. The van der Waals surface area contributed by atoms with Gasteiger partial charge in [0.1, 0.15) is 0 Å². The number of nitrogens with one attached hydrogen (secondary N) is 1. The van der Waals surface area contributed by atoms with Crippen LogP contribution in [0.25, 0.3) is 0 Å².